The van der Waals surface area contributed by atoms with Gasteiger partial charge in [-0.3, -0.25) is 14.4 Å². The number of aliphatic carboxylic acids is 1. The van der Waals surface area contributed by atoms with Gasteiger partial charge >= 0.3 is 5.97 Å². The molecular formula is C29H38O5. The van der Waals surface area contributed by atoms with Gasteiger partial charge in [-0.1, -0.05) is 52.3 Å². The van der Waals surface area contributed by atoms with Crippen molar-refractivity contribution >= 4 is 17.5 Å². The number of carboxylic acids is 1. The normalized spacial score (nSPS) is 32.7. The number of aryl methyl sites for hydroxylation is 1. The molecule has 0 radical (unpaired) electrons. The highest BCUT2D eigenvalue weighted by molar-refractivity contribution is 6.02. The lowest BCUT2D eigenvalue weighted by Crippen LogP contribution is -2.53. The lowest BCUT2D eigenvalue weighted by molar-refractivity contribution is -0.143. The highest BCUT2D eigenvalue weighted by atomic mass is 16.4. The van der Waals surface area contributed by atoms with Gasteiger partial charge in [0, 0.05) is 16.9 Å². The van der Waals surface area contributed by atoms with Crippen LogP contribution in [0.4, 0.5) is 0 Å². The Kier molecular flexibility index (Phi) is 6.63. The van der Waals surface area contributed by atoms with E-state index in [9.17, 15) is 24.6 Å². The van der Waals surface area contributed by atoms with Crippen molar-refractivity contribution in [1.82, 2.24) is 0 Å². The Morgan fingerprint density at radius 2 is 1.74 bits per heavy atom. The van der Waals surface area contributed by atoms with Crippen LogP contribution in [0.5, 0.6) is 0 Å². The summed E-state index contributed by atoms with van der Waals surface area (Å²) in [7, 11) is 0. The quantitative estimate of drug-likeness (QED) is 0.442. The molecule has 0 heterocycles. The highest BCUT2D eigenvalue weighted by Gasteiger charge is 2.54. The summed E-state index contributed by atoms with van der Waals surface area (Å²) in [6.45, 7) is 7.97. The number of hydrogen-bond acceptors (Lipinski definition) is 4. The molecule has 1 fully saturated rings. The first kappa shape index (κ1) is 24.8. The van der Waals surface area contributed by atoms with Gasteiger partial charge in [-0.25, -0.2) is 0 Å². The molecule has 0 spiro atoms. The fraction of sp³-hybridized carbons (Fsp3) is 0.621. The van der Waals surface area contributed by atoms with Gasteiger partial charge < -0.3 is 10.2 Å². The average Bonchev–Trinajstić information content (AvgIpc) is 2.82. The molecular weight excluding hydrogens is 428 g/mol. The van der Waals surface area contributed by atoms with Crippen molar-refractivity contribution < 1.29 is 24.6 Å². The molecule has 0 aliphatic heterocycles. The summed E-state index contributed by atoms with van der Waals surface area (Å²) in [5.74, 6) is -2.07. The van der Waals surface area contributed by atoms with Crippen molar-refractivity contribution in [2.75, 3.05) is 6.61 Å². The largest absolute Gasteiger partial charge is 0.481 e. The lowest BCUT2D eigenvalue weighted by Gasteiger charge is -2.54. The van der Waals surface area contributed by atoms with Gasteiger partial charge in [0.1, 0.15) is 6.61 Å². The van der Waals surface area contributed by atoms with Crippen LogP contribution in [-0.2, 0) is 21.4 Å². The number of carbonyl (C=O) groups excluding carboxylic acids is 2. The van der Waals surface area contributed by atoms with Crippen LogP contribution >= 0.6 is 0 Å². The SMILES string of the molecule is CC(C)c1cc2c(cc1C(=O)C1CC=CCC1C(=O)O)C1(C)CCCC(C)(C(=O)CO)C1CC2. The minimum atomic E-state index is -0.913. The third-order valence-electron chi connectivity index (χ3n) is 9.28. The Morgan fingerprint density at radius 3 is 2.35 bits per heavy atom. The number of aliphatic hydroxyl groups excluding tert-OH is 1. The molecule has 34 heavy (non-hydrogen) atoms. The summed E-state index contributed by atoms with van der Waals surface area (Å²) in [4.78, 5) is 38.7. The predicted octanol–water partition coefficient (Wildman–Crippen LogP) is 5.23. The second-order valence-corrected chi connectivity index (χ2v) is 11.5. The maximum absolute atomic E-state index is 13.9. The molecule has 184 valence electrons. The van der Waals surface area contributed by atoms with E-state index in [-0.39, 0.29) is 28.8 Å². The third-order valence-corrected chi connectivity index (χ3v) is 9.28. The Hall–Kier alpha value is -2.27. The summed E-state index contributed by atoms with van der Waals surface area (Å²) < 4.78 is 0. The van der Waals surface area contributed by atoms with Crippen LogP contribution in [0.25, 0.3) is 0 Å². The summed E-state index contributed by atoms with van der Waals surface area (Å²) in [5, 5.41) is 19.5. The summed E-state index contributed by atoms with van der Waals surface area (Å²) in [5.41, 5.74) is 3.22. The first-order valence-electron chi connectivity index (χ1n) is 12.8. The van der Waals surface area contributed by atoms with Gasteiger partial charge in [-0.15, -0.1) is 0 Å². The van der Waals surface area contributed by atoms with Gasteiger partial charge in [0.2, 0.25) is 0 Å². The zero-order valence-corrected chi connectivity index (χ0v) is 20.9. The second kappa shape index (κ2) is 9.07. The van der Waals surface area contributed by atoms with Gasteiger partial charge in [-0.2, -0.15) is 0 Å². The molecule has 0 bridgehead atoms. The number of aliphatic hydroxyl groups is 1. The Labute approximate surface area is 202 Å². The predicted molar refractivity (Wildman–Crippen MR) is 131 cm³/mol. The molecule has 5 nitrogen and oxygen atoms in total. The number of Topliss-reactive ketones (excluding diaryl/α,β-unsaturated/α-hetero) is 2. The summed E-state index contributed by atoms with van der Waals surface area (Å²) >= 11 is 0. The monoisotopic (exact) mass is 466 g/mol. The fourth-order valence-electron chi connectivity index (χ4n) is 7.32. The van der Waals surface area contributed by atoms with Crippen molar-refractivity contribution in [3.05, 3.63) is 46.5 Å². The van der Waals surface area contributed by atoms with E-state index >= 15 is 0 Å². The number of benzene rings is 1. The van der Waals surface area contributed by atoms with Crippen LogP contribution in [0.15, 0.2) is 24.3 Å². The van der Waals surface area contributed by atoms with Crippen LogP contribution < -0.4 is 0 Å². The minimum absolute atomic E-state index is 0.0704. The van der Waals surface area contributed by atoms with E-state index in [1.165, 1.54) is 5.56 Å². The Balaban J connectivity index is 1.83. The molecule has 4 rings (SSSR count). The first-order valence-corrected chi connectivity index (χ1v) is 12.8. The van der Waals surface area contributed by atoms with Crippen molar-refractivity contribution in [2.24, 2.45) is 23.2 Å². The minimum Gasteiger partial charge on any atom is -0.481 e. The number of fused-ring (bicyclic) bond motifs is 3. The number of rotatable bonds is 6. The van der Waals surface area contributed by atoms with E-state index in [2.05, 4.69) is 32.9 Å². The number of carboxylic acid groups (broad SMARTS) is 1. The number of hydrogen-bond donors (Lipinski definition) is 2. The van der Waals surface area contributed by atoms with Gasteiger partial charge in [0.05, 0.1) is 5.92 Å². The van der Waals surface area contributed by atoms with Gasteiger partial charge in [0.25, 0.3) is 0 Å². The van der Waals surface area contributed by atoms with Gasteiger partial charge in [-0.05, 0) is 78.5 Å². The summed E-state index contributed by atoms with van der Waals surface area (Å²) in [6, 6.07) is 4.24. The Morgan fingerprint density at radius 1 is 1.06 bits per heavy atom. The molecule has 2 N–H and O–H groups in total. The average molecular weight is 467 g/mol. The first-order chi connectivity index (χ1) is 16.0. The van der Waals surface area contributed by atoms with E-state index in [1.54, 1.807) is 0 Å². The molecule has 5 unspecified atom stereocenters. The van der Waals surface area contributed by atoms with Gasteiger partial charge in [0.15, 0.2) is 11.6 Å². The van der Waals surface area contributed by atoms with Crippen molar-refractivity contribution in [3.63, 3.8) is 0 Å². The molecule has 1 saturated carbocycles. The maximum Gasteiger partial charge on any atom is 0.307 e. The number of carbonyl (C=O) groups is 3. The van der Waals surface area contributed by atoms with E-state index in [0.717, 1.165) is 43.2 Å². The van der Waals surface area contributed by atoms with Crippen LogP contribution in [0.3, 0.4) is 0 Å². The molecule has 5 heteroatoms. The highest BCUT2D eigenvalue weighted by Crippen LogP contribution is 2.58. The van der Waals surface area contributed by atoms with Crippen molar-refractivity contribution in [1.29, 1.82) is 0 Å². The number of allylic oxidation sites excluding steroid dienone is 2. The number of ketones is 2. The molecule has 0 amide bonds. The van der Waals surface area contributed by atoms with Crippen LogP contribution in [0.2, 0.25) is 0 Å². The van der Waals surface area contributed by atoms with Crippen LogP contribution in [0.1, 0.15) is 99.2 Å². The molecule has 0 saturated heterocycles. The lowest BCUT2D eigenvalue weighted by atomic mass is 9.48. The molecule has 3 aliphatic rings. The molecule has 3 aliphatic carbocycles. The molecule has 1 aromatic carbocycles. The maximum atomic E-state index is 13.9. The van der Waals surface area contributed by atoms with E-state index < -0.39 is 29.8 Å². The standard InChI is InChI=1S/C29H38O5/c1-17(2)21-14-18-10-11-24-28(3,12-7-13-29(24,4)25(31)16-30)23(18)15-22(21)26(32)19-8-5-6-9-20(19)27(33)34/h5-6,14-15,17,19-20,24,30H,7-13,16H2,1-4H3,(H,33,34). The van der Waals surface area contributed by atoms with Crippen molar-refractivity contribution in [2.45, 2.75) is 84.0 Å². The van der Waals surface area contributed by atoms with Crippen molar-refractivity contribution in [3.8, 4) is 0 Å². The van der Waals surface area contributed by atoms with Crippen LogP contribution in [-0.4, -0.2) is 34.4 Å². The van der Waals surface area contributed by atoms with E-state index in [0.29, 0.717) is 18.4 Å². The van der Waals surface area contributed by atoms with Crippen LogP contribution in [0, 0.1) is 23.2 Å². The van der Waals surface area contributed by atoms with E-state index in [1.807, 2.05) is 19.1 Å². The summed E-state index contributed by atoms with van der Waals surface area (Å²) in [6.07, 6.45) is 9.00. The topological polar surface area (TPSA) is 91.7 Å². The zero-order valence-electron chi connectivity index (χ0n) is 20.9. The fourth-order valence-corrected chi connectivity index (χ4v) is 7.32. The Bertz CT molecular complexity index is 1040. The molecule has 1 aromatic rings. The second-order valence-electron chi connectivity index (χ2n) is 11.5. The smallest absolute Gasteiger partial charge is 0.307 e. The zero-order chi connectivity index (χ0) is 24.8. The molecule has 5 atom stereocenters. The van der Waals surface area contributed by atoms with E-state index in [4.69, 9.17) is 0 Å². The third kappa shape index (κ3) is 3.86. The molecule has 0 aromatic heterocycles.